The van der Waals surface area contributed by atoms with Crippen LogP contribution >= 0.6 is 0 Å². The van der Waals surface area contributed by atoms with Gasteiger partial charge in [0, 0.05) is 12.7 Å². The van der Waals surface area contributed by atoms with Crippen molar-refractivity contribution in [2.45, 2.75) is 24.4 Å². The minimum atomic E-state index is -3.73. The molecule has 2 N–H and O–H groups in total. The van der Waals surface area contributed by atoms with Crippen LogP contribution in [0.3, 0.4) is 0 Å². The second-order valence-electron chi connectivity index (χ2n) is 4.88. The Bertz CT molecular complexity index is 559. The molecule has 2 atom stereocenters. The summed E-state index contributed by atoms with van der Waals surface area (Å²) < 4.78 is 26.0. The average Bonchev–Trinajstić information content (AvgIpc) is 2.50. The molecule has 2 heterocycles. The van der Waals surface area contributed by atoms with Gasteiger partial charge in [0.25, 0.3) is 10.0 Å². The maximum absolute atomic E-state index is 12.4. The van der Waals surface area contributed by atoms with Crippen LogP contribution < -0.4 is 5.73 Å². The summed E-state index contributed by atoms with van der Waals surface area (Å²) in [6, 6.07) is 4.09. The highest BCUT2D eigenvalue weighted by atomic mass is 32.2. The maximum Gasteiger partial charge on any atom is 0.260 e. The molecule has 0 bridgehead atoms. The highest BCUT2D eigenvalue weighted by Gasteiger charge is 2.33. The third-order valence-electron chi connectivity index (χ3n) is 3.16. The fourth-order valence-corrected chi connectivity index (χ4v) is 3.61. The summed E-state index contributed by atoms with van der Waals surface area (Å²) in [5, 5.41) is -0.0366. The van der Waals surface area contributed by atoms with Crippen LogP contribution in [0.4, 0.5) is 0 Å². The van der Waals surface area contributed by atoms with Crippen LogP contribution in [-0.2, 0) is 14.8 Å². The topological polar surface area (TPSA) is 93.4 Å². The molecule has 1 saturated heterocycles. The highest BCUT2D eigenvalue weighted by Crippen LogP contribution is 2.20. The van der Waals surface area contributed by atoms with Crippen molar-refractivity contribution in [2.24, 2.45) is 11.7 Å². The lowest BCUT2D eigenvalue weighted by Crippen LogP contribution is -2.39. The molecule has 1 fully saturated rings. The van der Waals surface area contributed by atoms with Gasteiger partial charge in [-0.05, 0) is 24.5 Å². The number of hydrogen-bond acceptors (Lipinski definition) is 5. The Balaban J connectivity index is 2.32. The Hall–Kier alpha value is -1.31. The number of nitrogens with zero attached hydrogens (tertiary/aromatic N) is 2. The van der Waals surface area contributed by atoms with E-state index in [1.807, 2.05) is 6.92 Å². The van der Waals surface area contributed by atoms with E-state index in [4.69, 9.17) is 5.73 Å². The van der Waals surface area contributed by atoms with Gasteiger partial charge >= 0.3 is 0 Å². The second-order valence-corrected chi connectivity index (χ2v) is 6.76. The van der Waals surface area contributed by atoms with Gasteiger partial charge in [-0.15, -0.1) is 0 Å². The maximum atomic E-state index is 12.4. The zero-order valence-corrected chi connectivity index (χ0v) is 11.5. The lowest BCUT2D eigenvalue weighted by atomic mass is 10.0. The van der Waals surface area contributed by atoms with Crippen molar-refractivity contribution in [3.63, 3.8) is 0 Å². The Morgan fingerprint density at radius 2 is 2.16 bits per heavy atom. The molecule has 0 aromatic carbocycles. The number of carbonyl (C=O) groups excluding carboxylic acids is 1. The zero-order valence-electron chi connectivity index (χ0n) is 10.7. The van der Waals surface area contributed by atoms with E-state index < -0.39 is 16.1 Å². The molecule has 1 aliphatic heterocycles. The molecule has 104 valence electrons. The molecule has 0 saturated carbocycles. The summed E-state index contributed by atoms with van der Waals surface area (Å²) in [7, 11) is -3.73. The number of sulfonamides is 1. The number of nitrogens with two attached hydrogens (primary N) is 1. The van der Waals surface area contributed by atoms with E-state index in [-0.39, 0.29) is 23.3 Å². The summed E-state index contributed by atoms with van der Waals surface area (Å²) in [4.78, 5) is 15.6. The molecular weight excluding hydrogens is 266 g/mol. The minimum Gasteiger partial charge on any atom is -0.321 e. The molecule has 2 rings (SSSR count). The van der Waals surface area contributed by atoms with Crippen molar-refractivity contribution < 1.29 is 13.2 Å². The van der Waals surface area contributed by atoms with Crippen LogP contribution in [-0.4, -0.2) is 42.6 Å². The van der Waals surface area contributed by atoms with Crippen LogP contribution in [0.5, 0.6) is 0 Å². The molecule has 1 aliphatic rings. The van der Waals surface area contributed by atoms with E-state index in [2.05, 4.69) is 4.98 Å². The quantitative estimate of drug-likeness (QED) is 0.825. The Morgan fingerprint density at radius 3 is 2.79 bits per heavy atom. The SMILES string of the molecule is C[C@H]1CC(N)C(=O)CN(S(=O)(=O)c2ccccn2)C1. The molecule has 7 heteroatoms. The number of aromatic nitrogens is 1. The number of pyridine rings is 1. The monoisotopic (exact) mass is 283 g/mol. The lowest BCUT2D eigenvalue weighted by Gasteiger charge is -2.20. The van der Waals surface area contributed by atoms with Crippen molar-refractivity contribution in [1.29, 1.82) is 0 Å². The van der Waals surface area contributed by atoms with E-state index in [1.165, 1.54) is 16.6 Å². The fraction of sp³-hybridized carbons (Fsp3) is 0.500. The normalized spacial score (nSPS) is 26.1. The summed E-state index contributed by atoms with van der Waals surface area (Å²) in [6.45, 7) is 2.00. The van der Waals surface area contributed by atoms with E-state index in [0.29, 0.717) is 13.0 Å². The molecule has 1 aromatic rings. The van der Waals surface area contributed by atoms with Gasteiger partial charge in [-0.2, -0.15) is 4.31 Å². The zero-order chi connectivity index (χ0) is 14.0. The minimum absolute atomic E-state index is 0.0366. The van der Waals surface area contributed by atoms with Crippen molar-refractivity contribution >= 4 is 15.8 Å². The van der Waals surface area contributed by atoms with Crippen LogP contribution in [0, 0.1) is 5.92 Å². The van der Waals surface area contributed by atoms with Gasteiger partial charge in [-0.25, -0.2) is 13.4 Å². The first-order chi connectivity index (χ1) is 8.91. The standard InChI is InChI=1S/C12H17N3O3S/c1-9-6-10(13)11(16)8-15(7-9)19(17,18)12-4-2-3-5-14-12/h2-5,9-10H,6-8,13H2,1H3/t9-,10?/m0/s1. The number of hydrogen-bond donors (Lipinski definition) is 1. The van der Waals surface area contributed by atoms with E-state index >= 15 is 0 Å². The van der Waals surface area contributed by atoms with Crippen molar-refractivity contribution in [3.05, 3.63) is 24.4 Å². The highest BCUT2D eigenvalue weighted by molar-refractivity contribution is 7.89. The summed E-state index contributed by atoms with van der Waals surface area (Å²) in [5.74, 6) is -0.205. The number of ketones is 1. The predicted molar refractivity (Wildman–Crippen MR) is 69.8 cm³/mol. The molecule has 0 radical (unpaired) electrons. The van der Waals surface area contributed by atoms with Crippen LogP contribution in [0.2, 0.25) is 0 Å². The van der Waals surface area contributed by atoms with Gasteiger partial charge in [0.1, 0.15) is 0 Å². The molecule has 1 aromatic heterocycles. The molecule has 0 aliphatic carbocycles. The van der Waals surface area contributed by atoms with Gasteiger partial charge < -0.3 is 5.73 Å². The third-order valence-corrected chi connectivity index (χ3v) is 4.89. The van der Waals surface area contributed by atoms with Crippen molar-refractivity contribution in [1.82, 2.24) is 9.29 Å². The first kappa shape index (κ1) is 14.1. The molecule has 6 nitrogen and oxygen atoms in total. The van der Waals surface area contributed by atoms with Crippen LogP contribution in [0.25, 0.3) is 0 Å². The Morgan fingerprint density at radius 1 is 1.42 bits per heavy atom. The fourth-order valence-electron chi connectivity index (χ4n) is 2.16. The molecular formula is C12H17N3O3S. The number of rotatable bonds is 2. The second kappa shape index (κ2) is 5.36. The first-order valence-corrected chi connectivity index (χ1v) is 7.54. The predicted octanol–water partition coefficient (Wildman–Crippen LogP) is 0.00850. The first-order valence-electron chi connectivity index (χ1n) is 6.10. The Kier molecular flexibility index (Phi) is 3.98. The lowest BCUT2D eigenvalue weighted by molar-refractivity contribution is -0.120. The van der Waals surface area contributed by atoms with Gasteiger partial charge in [0.15, 0.2) is 10.8 Å². The van der Waals surface area contributed by atoms with Crippen molar-refractivity contribution in [3.8, 4) is 0 Å². The van der Waals surface area contributed by atoms with E-state index in [1.54, 1.807) is 12.1 Å². The smallest absolute Gasteiger partial charge is 0.260 e. The summed E-state index contributed by atoms with van der Waals surface area (Å²) in [5.41, 5.74) is 5.73. The van der Waals surface area contributed by atoms with Gasteiger partial charge in [-0.1, -0.05) is 13.0 Å². The largest absolute Gasteiger partial charge is 0.321 e. The third kappa shape index (κ3) is 2.99. The van der Waals surface area contributed by atoms with Crippen LogP contribution in [0.1, 0.15) is 13.3 Å². The van der Waals surface area contributed by atoms with Gasteiger partial charge in [0.05, 0.1) is 12.6 Å². The summed E-state index contributed by atoms with van der Waals surface area (Å²) >= 11 is 0. The number of carbonyl (C=O) groups is 1. The Labute approximate surface area is 112 Å². The van der Waals surface area contributed by atoms with Gasteiger partial charge in [-0.3, -0.25) is 4.79 Å². The average molecular weight is 283 g/mol. The molecule has 19 heavy (non-hydrogen) atoms. The van der Waals surface area contributed by atoms with Crippen molar-refractivity contribution in [2.75, 3.05) is 13.1 Å². The number of Topliss-reactive ketones (excluding diaryl/α,β-unsaturated/α-hetero) is 1. The van der Waals surface area contributed by atoms with Crippen LogP contribution in [0.15, 0.2) is 29.4 Å². The van der Waals surface area contributed by atoms with E-state index in [0.717, 1.165) is 0 Å². The molecule has 0 amide bonds. The molecule has 0 spiro atoms. The molecule has 1 unspecified atom stereocenters. The van der Waals surface area contributed by atoms with Gasteiger partial charge in [0.2, 0.25) is 0 Å². The summed E-state index contributed by atoms with van der Waals surface area (Å²) in [6.07, 6.45) is 1.93. The van der Waals surface area contributed by atoms with E-state index in [9.17, 15) is 13.2 Å².